The average molecular weight is 785 g/mol. The van der Waals surface area contributed by atoms with Gasteiger partial charge in [0.25, 0.3) is 0 Å². The summed E-state index contributed by atoms with van der Waals surface area (Å²) < 4.78 is 14.8. The van der Waals surface area contributed by atoms with Crippen LogP contribution < -0.4 is 0 Å². The zero-order valence-corrected chi connectivity index (χ0v) is 32.5. The van der Waals surface area contributed by atoms with Crippen molar-refractivity contribution in [1.82, 2.24) is 29.5 Å². The Morgan fingerprint density at radius 2 is 0.705 bits per heavy atom. The first kappa shape index (κ1) is 34.5. The minimum Gasteiger partial charge on any atom is -0.436 e. The maximum Gasteiger partial charge on any atom is 0.238 e. The van der Waals surface area contributed by atoms with E-state index in [1.165, 1.54) is 0 Å². The maximum absolute atomic E-state index is 6.36. The topological polar surface area (TPSA) is 95.7 Å². The summed E-state index contributed by atoms with van der Waals surface area (Å²) in [6.07, 6.45) is 0. The fraction of sp³-hybridized carbons (Fsp3) is 0. The standard InChI is InChI=1S/C53H32N6O2/c1-3-15-33(16-4-1)35-27-36(34-17-5-2-6-18-34)29-37(28-35)49-56-50(58-53(57-49)59-45-23-11-7-19-41(45)42-20-8-12-24-46(42)59)38-30-39(51-54-43-21-9-13-25-47(43)60-51)32-40(31-38)52-55-44-22-10-14-26-48(44)61-52/h1-32H. The summed E-state index contributed by atoms with van der Waals surface area (Å²) in [5, 5.41) is 2.21. The first-order valence-electron chi connectivity index (χ1n) is 20.1. The first-order valence-corrected chi connectivity index (χ1v) is 20.1. The second-order valence-corrected chi connectivity index (χ2v) is 15.0. The Morgan fingerprint density at radius 1 is 0.311 bits per heavy atom. The van der Waals surface area contributed by atoms with Gasteiger partial charge in [-0.25, -0.2) is 15.0 Å². The van der Waals surface area contributed by atoms with Crippen LogP contribution in [0.2, 0.25) is 0 Å². The van der Waals surface area contributed by atoms with E-state index in [0.29, 0.717) is 46.1 Å². The number of rotatable bonds is 7. The maximum atomic E-state index is 6.36. The van der Waals surface area contributed by atoms with Crippen molar-refractivity contribution in [3.05, 3.63) is 194 Å². The van der Waals surface area contributed by atoms with Crippen LogP contribution in [0.15, 0.2) is 203 Å². The van der Waals surface area contributed by atoms with Crippen LogP contribution in [-0.2, 0) is 0 Å². The molecule has 8 heteroatoms. The van der Waals surface area contributed by atoms with E-state index in [-0.39, 0.29) is 0 Å². The lowest BCUT2D eigenvalue weighted by atomic mass is 9.96. The van der Waals surface area contributed by atoms with Crippen LogP contribution in [0.5, 0.6) is 0 Å². The van der Waals surface area contributed by atoms with Crippen LogP contribution in [0.25, 0.3) is 118 Å². The van der Waals surface area contributed by atoms with Gasteiger partial charge in [0.05, 0.1) is 11.0 Å². The number of aromatic nitrogens is 6. The van der Waals surface area contributed by atoms with Crippen molar-refractivity contribution in [2.24, 2.45) is 0 Å². The highest BCUT2D eigenvalue weighted by Gasteiger charge is 2.21. The number of para-hydroxylation sites is 6. The molecule has 61 heavy (non-hydrogen) atoms. The third-order valence-electron chi connectivity index (χ3n) is 11.1. The summed E-state index contributed by atoms with van der Waals surface area (Å²) in [4.78, 5) is 25.8. The molecule has 0 bridgehead atoms. The Balaban J connectivity index is 1.14. The molecule has 0 atom stereocenters. The molecule has 8 aromatic carbocycles. The minimum absolute atomic E-state index is 0.459. The highest BCUT2D eigenvalue weighted by atomic mass is 16.4. The van der Waals surface area contributed by atoms with E-state index >= 15 is 0 Å². The van der Waals surface area contributed by atoms with Crippen LogP contribution in [-0.4, -0.2) is 29.5 Å². The van der Waals surface area contributed by atoms with E-state index in [2.05, 4.69) is 108 Å². The first-order chi connectivity index (χ1) is 30.2. The van der Waals surface area contributed by atoms with Crippen LogP contribution in [0.1, 0.15) is 0 Å². The van der Waals surface area contributed by atoms with Crippen LogP contribution in [0, 0.1) is 0 Å². The van der Waals surface area contributed by atoms with Gasteiger partial charge in [-0.15, -0.1) is 0 Å². The molecule has 4 heterocycles. The second kappa shape index (κ2) is 14.1. The lowest BCUT2D eigenvalue weighted by molar-refractivity contribution is 0.617. The molecular formula is C53H32N6O2. The molecule has 12 rings (SSSR count). The van der Waals surface area contributed by atoms with Crippen LogP contribution in [0.4, 0.5) is 0 Å². The zero-order chi connectivity index (χ0) is 40.3. The fourth-order valence-electron chi connectivity index (χ4n) is 8.21. The van der Waals surface area contributed by atoms with E-state index in [4.69, 9.17) is 33.8 Å². The van der Waals surface area contributed by atoms with Gasteiger partial charge < -0.3 is 8.83 Å². The predicted octanol–water partition coefficient (Wildman–Crippen LogP) is 13.3. The molecule has 0 aliphatic carbocycles. The van der Waals surface area contributed by atoms with E-state index in [9.17, 15) is 0 Å². The van der Waals surface area contributed by atoms with Gasteiger partial charge in [0.2, 0.25) is 17.7 Å². The van der Waals surface area contributed by atoms with Gasteiger partial charge in [0.15, 0.2) is 22.8 Å². The normalized spacial score (nSPS) is 11.6. The van der Waals surface area contributed by atoms with Crippen molar-refractivity contribution in [3.8, 4) is 73.9 Å². The lowest BCUT2D eigenvalue weighted by Gasteiger charge is -2.14. The van der Waals surface area contributed by atoms with E-state index < -0.39 is 0 Å². The summed E-state index contributed by atoms with van der Waals surface area (Å²) in [6, 6.07) is 65.6. The van der Waals surface area contributed by atoms with Crippen molar-refractivity contribution in [3.63, 3.8) is 0 Å². The largest absolute Gasteiger partial charge is 0.436 e. The van der Waals surface area contributed by atoms with E-state index in [1.807, 2.05) is 91.0 Å². The second-order valence-electron chi connectivity index (χ2n) is 15.0. The van der Waals surface area contributed by atoms with Gasteiger partial charge in [0.1, 0.15) is 11.0 Å². The Hall–Kier alpha value is -8.49. The number of nitrogens with zero attached hydrogens (tertiary/aromatic N) is 6. The molecule has 4 aromatic heterocycles. The molecule has 0 amide bonds. The Morgan fingerprint density at radius 3 is 1.20 bits per heavy atom. The van der Waals surface area contributed by atoms with Gasteiger partial charge in [-0.1, -0.05) is 121 Å². The molecule has 0 aliphatic rings. The van der Waals surface area contributed by atoms with Gasteiger partial charge in [-0.05, 0) is 95.1 Å². The predicted molar refractivity (Wildman–Crippen MR) is 242 cm³/mol. The van der Waals surface area contributed by atoms with Crippen LogP contribution in [0.3, 0.4) is 0 Å². The molecule has 0 radical (unpaired) electrons. The van der Waals surface area contributed by atoms with Gasteiger partial charge >= 0.3 is 0 Å². The Kier molecular flexibility index (Phi) is 7.99. The van der Waals surface area contributed by atoms with Crippen molar-refractivity contribution >= 4 is 44.0 Å². The number of benzene rings is 8. The van der Waals surface area contributed by atoms with Crippen LogP contribution >= 0.6 is 0 Å². The molecule has 0 aliphatic heterocycles. The molecule has 0 unspecified atom stereocenters. The number of oxazole rings is 2. The third-order valence-corrected chi connectivity index (χ3v) is 11.1. The quantitative estimate of drug-likeness (QED) is 0.159. The van der Waals surface area contributed by atoms with Gasteiger partial charge in [-0.2, -0.15) is 9.97 Å². The third kappa shape index (κ3) is 6.13. The average Bonchev–Trinajstić information content (AvgIpc) is 4.06. The summed E-state index contributed by atoms with van der Waals surface area (Å²) >= 11 is 0. The highest BCUT2D eigenvalue weighted by Crippen LogP contribution is 2.38. The molecule has 0 saturated heterocycles. The Labute approximate surface area is 349 Å². The van der Waals surface area contributed by atoms with E-state index in [1.54, 1.807) is 0 Å². The molecule has 0 saturated carbocycles. The van der Waals surface area contributed by atoms with Crippen molar-refractivity contribution in [2.45, 2.75) is 0 Å². The fourth-order valence-corrected chi connectivity index (χ4v) is 8.21. The summed E-state index contributed by atoms with van der Waals surface area (Å²) in [5.74, 6) is 2.39. The number of hydrogen-bond acceptors (Lipinski definition) is 7. The summed E-state index contributed by atoms with van der Waals surface area (Å²) in [6.45, 7) is 0. The molecule has 8 nitrogen and oxygen atoms in total. The van der Waals surface area contributed by atoms with Gasteiger partial charge in [0, 0.05) is 33.0 Å². The molecule has 0 fully saturated rings. The zero-order valence-electron chi connectivity index (χ0n) is 32.5. The highest BCUT2D eigenvalue weighted by molar-refractivity contribution is 6.09. The van der Waals surface area contributed by atoms with E-state index in [0.717, 1.165) is 71.8 Å². The molecule has 0 N–H and O–H groups in total. The lowest BCUT2D eigenvalue weighted by Crippen LogP contribution is -2.06. The Bertz CT molecular complexity index is 3340. The SMILES string of the molecule is c1ccc(-c2cc(-c3ccccc3)cc(-c3nc(-c4cc(-c5nc6ccccc6o5)cc(-c5nc6ccccc6o5)c4)nc(-n4c5ccccc5c5ccccc54)n3)c2)cc1. The summed E-state index contributed by atoms with van der Waals surface area (Å²) in [5.41, 5.74) is 12.2. The number of hydrogen-bond donors (Lipinski definition) is 0. The molecule has 286 valence electrons. The monoisotopic (exact) mass is 784 g/mol. The van der Waals surface area contributed by atoms with Crippen molar-refractivity contribution in [2.75, 3.05) is 0 Å². The molecule has 0 spiro atoms. The smallest absolute Gasteiger partial charge is 0.238 e. The minimum atomic E-state index is 0.459. The van der Waals surface area contributed by atoms with Crippen molar-refractivity contribution < 1.29 is 8.83 Å². The summed E-state index contributed by atoms with van der Waals surface area (Å²) in [7, 11) is 0. The molecule has 12 aromatic rings. The van der Waals surface area contributed by atoms with Crippen molar-refractivity contribution in [1.29, 1.82) is 0 Å². The molecular weight excluding hydrogens is 753 g/mol. The van der Waals surface area contributed by atoms with Gasteiger partial charge in [-0.3, -0.25) is 4.57 Å². The number of fused-ring (bicyclic) bond motifs is 5.